The van der Waals surface area contributed by atoms with Crippen molar-refractivity contribution in [2.24, 2.45) is 4.99 Å². The molecule has 4 aromatic rings. The minimum Gasteiger partial charge on any atom is -0.495 e. The van der Waals surface area contributed by atoms with E-state index < -0.39 is 0 Å². The summed E-state index contributed by atoms with van der Waals surface area (Å²) >= 11 is 7.01. The monoisotopic (exact) mass is 473 g/mol. The summed E-state index contributed by atoms with van der Waals surface area (Å²) in [4.78, 5) is 9.36. The van der Waals surface area contributed by atoms with Crippen molar-refractivity contribution < 1.29 is 9.15 Å². The third-order valence-corrected chi connectivity index (χ3v) is 4.87. The van der Waals surface area contributed by atoms with Crippen molar-refractivity contribution >= 4 is 49.5 Å². The second kappa shape index (κ2) is 7.09. The number of halogens is 2. The van der Waals surface area contributed by atoms with Gasteiger partial charge in [0.1, 0.15) is 11.4 Å². The molecule has 130 valence electrons. The Kier molecular flexibility index (Phi) is 4.65. The SMILES string of the molecule is COc1c(Br)cc(Br)cc1/C=N/c1c(-c2ccco2)nc2ccccn12. The van der Waals surface area contributed by atoms with Gasteiger partial charge in [-0.25, -0.2) is 9.98 Å². The lowest BCUT2D eigenvalue weighted by molar-refractivity contribution is 0.411. The van der Waals surface area contributed by atoms with E-state index in [1.165, 1.54) is 0 Å². The largest absolute Gasteiger partial charge is 0.495 e. The molecule has 0 fully saturated rings. The molecule has 26 heavy (non-hydrogen) atoms. The maximum absolute atomic E-state index is 5.54. The zero-order chi connectivity index (χ0) is 18.1. The predicted molar refractivity (Wildman–Crippen MR) is 109 cm³/mol. The Morgan fingerprint density at radius 1 is 1.19 bits per heavy atom. The van der Waals surface area contributed by atoms with Crippen LogP contribution in [0.3, 0.4) is 0 Å². The van der Waals surface area contributed by atoms with Crippen molar-refractivity contribution in [3.63, 3.8) is 0 Å². The number of aliphatic imine (C=N–C) groups is 1. The Hall–Kier alpha value is -2.38. The molecule has 0 radical (unpaired) electrons. The molecule has 3 heterocycles. The van der Waals surface area contributed by atoms with Crippen LogP contribution in [0.15, 0.2) is 73.3 Å². The van der Waals surface area contributed by atoms with Crippen molar-refractivity contribution in [3.8, 4) is 17.2 Å². The van der Waals surface area contributed by atoms with Crippen LogP contribution in [-0.4, -0.2) is 22.7 Å². The molecule has 0 amide bonds. The standard InChI is InChI=1S/C19H13Br2N3O2/c1-25-18-12(9-13(20)10-14(18)21)11-22-19-17(15-5-4-8-26-15)23-16-6-2-3-7-24(16)19/h2-11H,1H3/b22-11+. The topological polar surface area (TPSA) is 52.0 Å². The molecule has 0 N–H and O–H groups in total. The van der Waals surface area contributed by atoms with E-state index in [4.69, 9.17) is 14.1 Å². The van der Waals surface area contributed by atoms with Crippen LogP contribution in [0.4, 0.5) is 5.82 Å². The Morgan fingerprint density at radius 2 is 2.08 bits per heavy atom. The van der Waals surface area contributed by atoms with Crippen LogP contribution in [0, 0.1) is 0 Å². The fraction of sp³-hybridized carbons (Fsp3) is 0.0526. The number of benzene rings is 1. The summed E-state index contributed by atoms with van der Waals surface area (Å²) < 4.78 is 14.7. The van der Waals surface area contributed by atoms with E-state index in [-0.39, 0.29) is 0 Å². The summed E-state index contributed by atoms with van der Waals surface area (Å²) in [6.07, 6.45) is 5.31. The first-order chi connectivity index (χ1) is 12.7. The Labute approximate surface area is 166 Å². The number of nitrogens with zero attached hydrogens (tertiary/aromatic N) is 3. The maximum Gasteiger partial charge on any atom is 0.168 e. The molecule has 1 aromatic carbocycles. The highest BCUT2D eigenvalue weighted by Gasteiger charge is 2.15. The smallest absolute Gasteiger partial charge is 0.168 e. The summed E-state index contributed by atoms with van der Waals surface area (Å²) in [5.41, 5.74) is 2.32. The normalized spacial score (nSPS) is 11.5. The minimum atomic E-state index is 0.670. The molecule has 0 atom stereocenters. The number of ether oxygens (including phenoxy) is 1. The number of hydrogen-bond acceptors (Lipinski definition) is 4. The van der Waals surface area contributed by atoms with Crippen molar-refractivity contribution in [3.05, 3.63) is 69.4 Å². The molecule has 0 saturated heterocycles. The summed E-state index contributed by atoms with van der Waals surface area (Å²) in [6.45, 7) is 0. The average Bonchev–Trinajstić information content (AvgIpc) is 3.27. The molecule has 5 nitrogen and oxygen atoms in total. The molecule has 0 saturated carbocycles. The first-order valence-electron chi connectivity index (χ1n) is 7.75. The number of fused-ring (bicyclic) bond motifs is 1. The Balaban J connectivity index is 1.88. The molecule has 4 rings (SSSR count). The number of aromatic nitrogens is 2. The van der Waals surface area contributed by atoms with Gasteiger partial charge in [0.15, 0.2) is 17.3 Å². The predicted octanol–water partition coefficient (Wildman–Crippen LogP) is 5.88. The van der Waals surface area contributed by atoms with Gasteiger partial charge in [-0.2, -0.15) is 0 Å². The van der Waals surface area contributed by atoms with Crippen LogP contribution in [0.5, 0.6) is 5.75 Å². The lowest BCUT2D eigenvalue weighted by Gasteiger charge is -2.07. The highest BCUT2D eigenvalue weighted by atomic mass is 79.9. The van der Waals surface area contributed by atoms with E-state index in [0.29, 0.717) is 23.0 Å². The number of pyridine rings is 1. The van der Waals surface area contributed by atoms with Gasteiger partial charge >= 0.3 is 0 Å². The number of furan rings is 1. The summed E-state index contributed by atoms with van der Waals surface area (Å²) in [7, 11) is 1.63. The molecular weight excluding hydrogens is 462 g/mol. The lowest BCUT2D eigenvalue weighted by Crippen LogP contribution is -1.93. The summed E-state index contributed by atoms with van der Waals surface area (Å²) in [6, 6.07) is 13.4. The average molecular weight is 475 g/mol. The van der Waals surface area contributed by atoms with Gasteiger partial charge in [-0.1, -0.05) is 22.0 Å². The van der Waals surface area contributed by atoms with Gasteiger partial charge in [0, 0.05) is 22.4 Å². The van der Waals surface area contributed by atoms with E-state index in [0.717, 1.165) is 20.2 Å². The van der Waals surface area contributed by atoms with E-state index in [2.05, 4.69) is 36.8 Å². The van der Waals surface area contributed by atoms with Crippen LogP contribution in [0.1, 0.15) is 5.56 Å². The highest BCUT2D eigenvalue weighted by Crippen LogP contribution is 2.34. The van der Waals surface area contributed by atoms with Gasteiger partial charge in [-0.15, -0.1) is 0 Å². The van der Waals surface area contributed by atoms with Gasteiger partial charge in [0.2, 0.25) is 0 Å². The van der Waals surface area contributed by atoms with Crippen molar-refractivity contribution in [1.29, 1.82) is 0 Å². The molecule has 7 heteroatoms. The Bertz CT molecular complexity index is 1100. The van der Waals surface area contributed by atoms with Crippen LogP contribution in [0.2, 0.25) is 0 Å². The van der Waals surface area contributed by atoms with Crippen LogP contribution in [-0.2, 0) is 0 Å². The molecule has 0 aliphatic rings. The second-order valence-electron chi connectivity index (χ2n) is 5.46. The lowest BCUT2D eigenvalue weighted by atomic mass is 10.2. The summed E-state index contributed by atoms with van der Waals surface area (Å²) in [5.74, 6) is 2.07. The van der Waals surface area contributed by atoms with Gasteiger partial charge in [0.05, 0.1) is 17.8 Å². The minimum absolute atomic E-state index is 0.670. The number of methoxy groups -OCH3 is 1. The molecule has 0 bridgehead atoms. The quantitative estimate of drug-likeness (QED) is 0.347. The molecule has 0 spiro atoms. The molecule has 0 aliphatic carbocycles. The fourth-order valence-corrected chi connectivity index (χ4v) is 4.13. The van der Waals surface area contributed by atoms with Crippen LogP contribution in [0.25, 0.3) is 17.1 Å². The van der Waals surface area contributed by atoms with E-state index in [1.807, 2.05) is 53.1 Å². The molecular formula is C19H13Br2N3O2. The molecule has 0 unspecified atom stereocenters. The van der Waals surface area contributed by atoms with Crippen LogP contribution >= 0.6 is 31.9 Å². The second-order valence-corrected chi connectivity index (χ2v) is 7.23. The van der Waals surface area contributed by atoms with Gasteiger partial charge in [-0.3, -0.25) is 4.40 Å². The summed E-state index contributed by atoms with van der Waals surface area (Å²) in [5, 5.41) is 0. The number of imidazole rings is 1. The molecule has 0 aliphatic heterocycles. The van der Waals surface area contributed by atoms with E-state index in [1.54, 1.807) is 19.6 Å². The van der Waals surface area contributed by atoms with Crippen molar-refractivity contribution in [2.75, 3.05) is 7.11 Å². The molecule has 3 aromatic heterocycles. The van der Waals surface area contributed by atoms with Gasteiger partial charge < -0.3 is 9.15 Å². The zero-order valence-electron chi connectivity index (χ0n) is 13.7. The fourth-order valence-electron chi connectivity index (χ4n) is 2.71. The Morgan fingerprint density at radius 3 is 2.85 bits per heavy atom. The van der Waals surface area contributed by atoms with Crippen molar-refractivity contribution in [1.82, 2.24) is 9.38 Å². The first-order valence-corrected chi connectivity index (χ1v) is 9.34. The van der Waals surface area contributed by atoms with Gasteiger partial charge in [0.25, 0.3) is 0 Å². The van der Waals surface area contributed by atoms with E-state index >= 15 is 0 Å². The van der Waals surface area contributed by atoms with Gasteiger partial charge in [-0.05, 0) is 52.3 Å². The third kappa shape index (κ3) is 3.08. The third-order valence-electron chi connectivity index (χ3n) is 3.83. The number of rotatable bonds is 4. The zero-order valence-corrected chi connectivity index (χ0v) is 16.9. The van der Waals surface area contributed by atoms with E-state index in [9.17, 15) is 0 Å². The first kappa shape index (κ1) is 17.1. The highest BCUT2D eigenvalue weighted by molar-refractivity contribution is 9.11. The number of hydrogen-bond donors (Lipinski definition) is 0. The van der Waals surface area contributed by atoms with Crippen LogP contribution < -0.4 is 4.74 Å². The maximum atomic E-state index is 5.54. The van der Waals surface area contributed by atoms with Crippen molar-refractivity contribution in [2.45, 2.75) is 0 Å².